The van der Waals surface area contributed by atoms with Crippen LogP contribution in [0.3, 0.4) is 0 Å². The number of amides is 1. The molecule has 1 saturated heterocycles. The van der Waals surface area contributed by atoms with Gasteiger partial charge in [-0.05, 0) is 48.5 Å². The summed E-state index contributed by atoms with van der Waals surface area (Å²) in [4.78, 5) is 14.5. The van der Waals surface area contributed by atoms with E-state index >= 15 is 0 Å². The molecule has 0 atom stereocenters. The third kappa shape index (κ3) is 4.11. The molecule has 0 N–H and O–H groups in total. The fourth-order valence-electron chi connectivity index (χ4n) is 3.30. The van der Waals surface area contributed by atoms with Crippen molar-refractivity contribution in [2.24, 2.45) is 0 Å². The average molecular weight is 465 g/mol. The van der Waals surface area contributed by atoms with E-state index in [1.54, 1.807) is 47.4 Å². The number of halogens is 2. The molecule has 0 aliphatic carbocycles. The van der Waals surface area contributed by atoms with E-state index in [1.807, 2.05) is 12.1 Å². The van der Waals surface area contributed by atoms with E-state index < -0.39 is 10.0 Å². The Morgan fingerprint density at radius 2 is 1.53 bits per heavy atom. The van der Waals surface area contributed by atoms with Crippen molar-refractivity contribution < 1.29 is 17.6 Å². The van der Waals surface area contributed by atoms with Gasteiger partial charge in [0, 0.05) is 36.8 Å². The lowest BCUT2D eigenvalue weighted by Crippen LogP contribution is -2.50. The Balaban J connectivity index is 1.44. The molecule has 1 aliphatic heterocycles. The zero-order valence-electron chi connectivity index (χ0n) is 15.8. The molecule has 0 spiro atoms. The molecule has 2 aromatic carbocycles. The smallest absolute Gasteiger partial charge is 0.289 e. The zero-order valence-corrected chi connectivity index (χ0v) is 18.1. The molecule has 9 heteroatoms. The van der Waals surface area contributed by atoms with Crippen molar-refractivity contribution in [1.82, 2.24) is 9.21 Å². The van der Waals surface area contributed by atoms with Gasteiger partial charge in [-0.2, -0.15) is 4.31 Å². The minimum Gasteiger partial charge on any atom is -0.451 e. The highest BCUT2D eigenvalue weighted by Gasteiger charge is 2.32. The third-order valence-corrected chi connectivity index (χ3v) is 7.58. The van der Waals surface area contributed by atoms with Crippen molar-refractivity contribution in [3.63, 3.8) is 0 Å². The van der Waals surface area contributed by atoms with Crippen LogP contribution in [0, 0.1) is 0 Å². The summed E-state index contributed by atoms with van der Waals surface area (Å²) in [5.74, 6) is 0.502. The molecule has 3 aromatic rings. The number of hydrogen-bond acceptors (Lipinski definition) is 4. The van der Waals surface area contributed by atoms with E-state index in [0.717, 1.165) is 5.56 Å². The Bertz CT molecular complexity index is 1170. The van der Waals surface area contributed by atoms with Crippen molar-refractivity contribution in [2.75, 3.05) is 26.2 Å². The molecule has 30 heavy (non-hydrogen) atoms. The number of piperazine rings is 1. The molecule has 0 bridgehead atoms. The molecule has 1 fully saturated rings. The summed E-state index contributed by atoms with van der Waals surface area (Å²) < 4.78 is 32.8. The van der Waals surface area contributed by atoms with Crippen molar-refractivity contribution >= 4 is 39.1 Å². The van der Waals surface area contributed by atoms with Crippen LogP contribution in [0.25, 0.3) is 11.3 Å². The monoisotopic (exact) mass is 464 g/mol. The first-order valence-corrected chi connectivity index (χ1v) is 11.5. The molecule has 6 nitrogen and oxygen atoms in total. The maximum absolute atomic E-state index is 12.8. The lowest BCUT2D eigenvalue weighted by molar-refractivity contribution is 0.0667. The van der Waals surface area contributed by atoms with Crippen LogP contribution in [0.5, 0.6) is 0 Å². The maximum atomic E-state index is 12.8. The fraction of sp³-hybridized carbons (Fsp3) is 0.190. The molecule has 0 saturated carbocycles. The Hall–Kier alpha value is -2.32. The van der Waals surface area contributed by atoms with Crippen LogP contribution in [0.15, 0.2) is 70.0 Å². The van der Waals surface area contributed by atoms with Gasteiger partial charge in [-0.3, -0.25) is 4.79 Å². The van der Waals surface area contributed by atoms with Crippen LogP contribution in [0.1, 0.15) is 10.6 Å². The zero-order chi connectivity index (χ0) is 21.3. The van der Waals surface area contributed by atoms with E-state index in [2.05, 4.69) is 0 Å². The molecular weight excluding hydrogens is 447 g/mol. The van der Waals surface area contributed by atoms with Gasteiger partial charge < -0.3 is 9.32 Å². The first kappa shape index (κ1) is 20.9. The Morgan fingerprint density at radius 1 is 0.867 bits per heavy atom. The normalized spacial score (nSPS) is 15.3. The summed E-state index contributed by atoms with van der Waals surface area (Å²) in [6, 6.07) is 16.8. The fourth-order valence-corrected chi connectivity index (χ4v) is 5.34. The van der Waals surface area contributed by atoms with Gasteiger partial charge in [-0.1, -0.05) is 35.3 Å². The lowest BCUT2D eigenvalue weighted by atomic mass is 10.2. The average Bonchev–Trinajstić information content (AvgIpc) is 3.24. The van der Waals surface area contributed by atoms with Gasteiger partial charge in [0.2, 0.25) is 10.0 Å². The first-order valence-electron chi connectivity index (χ1n) is 9.26. The number of rotatable bonds is 4. The van der Waals surface area contributed by atoms with Crippen molar-refractivity contribution in [2.45, 2.75) is 4.90 Å². The molecule has 1 amide bonds. The summed E-state index contributed by atoms with van der Waals surface area (Å²) >= 11 is 12.0. The highest BCUT2D eigenvalue weighted by atomic mass is 35.5. The predicted octanol–water partition coefficient (Wildman–Crippen LogP) is 4.40. The van der Waals surface area contributed by atoms with Crippen LogP contribution in [0.4, 0.5) is 0 Å². The van der Waals surface area contributed by atoms with Gasteiger partial charge in [0.15, 0.2) is 5.76 Å². The van der Waals surface area contributed by atoms with Crippen LogP contribution >= 0.6 is 23.2 Å². The van der Waals surface area contributed by atoms with E-state index in [-0.39, 0.29) is 47.8 Å². The largest absolute Gasteiger partial charge is 0.451 e. The van der Waals surface area contributed by atoms with E-state index in [1.165, 1.54) is 10.4 Å². The number of carbonyl (C=O) groups excluding carboxylic acids is 1. The lowest BCUT2D eigenvalue weighted by Gasteiger charge is -2.33. The van der Waals surface area contributed by atoms with Gasteiger partial charge >= 0.3 is 0 Å². The summed E-state index contributed by atoms with van der Waals surface area (Å²) in [6.07, 6.45) is 0. The number of sulfonamides is 1. The number of hydrogen-bond donors (Lipinski definition) is 0. The third-order valence-electron chi connectivity index (χ3n) is 4.93. The van der Waals surface area contributed by atoms with Gasteiger partial charge in [-0.25, -0.2) is 8.42 Å². The van der Waals surface area contributed by atoms with E-state index in [4.69, 9.17) is 27.6 Å². The molecular formula is C21H18Cl2N2O4S. The molecule has 2 heterocycles. The second-order valence-electron chi connectivity index (χ2n) is 6.80. The standard InChI is InChI=1S/C21H18Cl2N2O4S/c22-16-7-5-15(6-8-16)18-9-10-19(29-18)21(26)24-11-13-25(14-12-24)30(27,28)20-4-2-1-3-17(20)23/h1-10H,11-14H2. The summed E-state index contributed by atoms with van der Waals surface area (Å²) in [6.45, 7) is 0.896. The first-order chi connectivity index (χ1) is 14.4. The minimum atomic E-state index is -3.71. The van der Waals surface area contributed by atoms with Crippen molar-refractivity contribution in [3.8, 4) is 11.3 Å². The van der Waals surface area contributed by atoms with Gasteiger partial charge in [0.25, 0.3) is 5.91 Å². The maximum Gasteiger partial charge on any atom is 0.289 e. The van der Waals surface area contributed by atoms with E-state index in [0.29, 0.717) is 10.8 Å². The second-order valence-corrected chi connectivity index (χ2v) is 9.55. The molecule has 0 unspecified atom stereocenters. The number of carbonyl (C=O) groups is 1. The second kappa shape index (κ2) is 8.43. The molecule has 0 radical (unpaired) electrons. The van der Waals surface area contributed by atoms with Crippen LogP contribution in [-0.2, 0) is 10.0 Å². The number of benzene rings is 2. The van der Waals surface area contributed by atoms with Crippen molar-refractivity contribution in [3.05, 3.63) is 76.5 Å². The SMILES string of the molecule is O=C(c1ccc(-c2ccc(Cl)cc2)o1)N1CCN(S(=O)(=O)c2ccccc2Cl)CC1. The summed E-state index contributed by atoms with van der Waals surface area (Å²) in [7, 11) is -3.71. The van der Waals surface area contributed by atoms with Crippen LogP contribution in [-0.4, -0.2) is 49.7 Å². The molecule has 1 aromatic heterocycles. The van der Waals surface area contributed by atoms with E-state index in [9.17, 15) is 13.2 Å². The Morgan fingerprint density at radius 3 is 2.20 bits per heavy atom. The summed E-state index contributed by atoms with van der Waals surface area (Å²) in [5, 5.41) is 0.799. The molecule has 156 valence electrons. The van der Waals surface area contributed by atoms with Crippen molar-refractivity contribution in [1.29, 1.82) is 0 Å². The quantitative estimate of drug-likeness (QED) is 0.573. The number of nitrogens with zero attached hydrogens (tertiary/aromatic N) is 2. The molecule has 4 rings (SSSR count). The predicted molar refractivity (Wildman–Crippen MR) is 115 cm³/mol. The molecule has 1 aliphatic rings. The highest BCUT2D eigenvalue weighted by Crippen LogP contribution is 2.27. The highest BCUT2D eigenvalue weighted by molar-refractivity contribution is 7.89. The van der Waals surface area contributed by atoms with Gasteiger partial charge in [-0.15, -0.1) is 0 Å². The van der Waals surface area contributed by atoms with Gasteiger partial charge in [0.05, 0.1) is 5.02 Å². The van der Waals surface area contributed by atoms with Gasteiger partial charge in [0.1, 0.15) is 10.7 Å². The minimum absolute atomic E-state index is 0.0742. The van der Waals surface area contributed by atoms with Crippen LogP contribution in [0.2, 0.25) is 10.0 Å². The Kier molecular flexibility index (Phi) is 5.88. The topological polar surface area (TPSA) is 70.8 Å². The van der Waals surface area contributed by atoms with Crippen LogP contribution < -0.4 is 0 Å². The number of furan rings is 1. The Labute approximate surface area is 184 Å². The summed E-state index contributed by atoms with van der Waals surface area (Å²) in [5.41, 5.74) is 0.814.